The molecule has 1 N–H and O–H groups in total. The Morgan fingerprint density at radius 3 is 2.62 bits per heavy atom. The largest absolute Gasteiger partial charge is 0.513 e. The van der Waals surface area contributed by atoms with Crippen molar-refractivity contribution >= 4 is 17.8 Å². The van der Waals surface area contributed by atoms with E-state index in [0.29, 0.717) is 12.3 Å². The van der Waals surface area contributed by atoms with Crippen LogP contribution in [0.3, 0.4) is 0 Å². The summed E-state index contributed by atoms with van der Waals surface area (Å²) in [5.74, 6) is -0.215. The average molecular weight is 399 g/mol. The van der Waals surface area contributed by atoms with Crippen LogP contribution in [0, 0.1) is 6.92 Å². The van der Waals surface area contributed by atoms with Crippen molar-refractivity contribution in [1.29, 1.82) is 0 Å². The third-order valence-corrected chi connectivity index (χ3v) is 4.43. The van der Waals surface area contributed by atoms with Crippen LogP contribution in [0.5, 0.6) is 0 Å². The Kier molecular flexibility index (Phi) is 6.03. The molecule has 1 aliphatic rings. The molecule has 3 rings (SSSR count). The highest BCUT2D eigenvalue weighted by Gasteiger charge is 2.43. The van der Waals surface area contributed by atoms with Crippen LogP contribution in [0.25, 0.3) is 17.0 Å². The van der Waals surface area contributed by atoms with Gasteiger partial charge in [0.05, 0.1) is 17.8 Å². The summed E-state index contributed by atoms with van der Waals surface area (Å²) in [5.41, 5.74) is 1.64. The molecule has 0 atom stereocenters. The second-order valence-corrected chi connectivity index (χ2v) is 7.10. The molecule has 0 saturated carbocycles. The van der Waals surface area contributed by atoms with Gasteiger partial charge in [0, 0.05) is 17.9 Å². The first-order valence-electron chi connectivity index (χ1n) is 9.45. The number of hydrogen-bond acceptors (Lipinski definition) is 6. The van der Waals surface area contributed by atoms with E-state index in [1.54, 1.807) is 13.8 Å². The highest BCUT2D eigenvalue weighted by molar-refractivity contribution is 6.17. The maximum absolute atomic E-state index is 12.7. The number of benzene rings is 1. The summed E-state index contributed by atoms with van der Waals surface area (Å²) < 4.78 is 17.1. The predicted octanol–water partition coefficient (Wildman–Crippen LogP) is 3.13. The van der Waals surface area contributed by atoms with E-state index < -0.39 is 11.7 Å². The van der Waals surface area contributed by atoms with Gasteiger partial charge in [-0.25, -0.2) is 9.48 Å². The molecule has 0 bridgehead atoms. The van der Waals surface area contributed by atoms with E-state index in [2.05, 4.69) is 10.4 Å². The molecular weight excluding hydrogens is 374 g/mol. The highest BCUT2D eigenvalue weighted by Crippen LogP contribution is 2.32. The van der Waals surface area contributed by atoms with Crippen LogP contribution in [-0.2, 0) is 19.0 Å². The number of hydrogen-bond donors (Lipinski definition) is 1. The van der Waals surface area contributed by atoms with E-state index in [4.69, 9.17) is 14.2 Å². The number of aromatic nitrogens is 2. The van der Waals surface area contributed by atoms with E-state index in [-0.39, 0.29) is 30.6 Å². The number of ether oxygens (including phenoxy) is 3. The zero-order valence-electron chi connectivity index (χ0n) is 17.0. The summed E-state index contributed by atoms with van der Waals surface area (Å²) in [6.45, 7) is 8.05. The molecule has 2 aromatic rings. The molecule has 0 unspecified atom stereocenters. The number of carbonyl (C=O) groups is 2. The molecule has 1 amide bonds. The van der Waals surface area contributed by atoms with Crippen LogP contribution in [-0.4, -0.2) is 47.2 Å². The first-order chi connectivity index (χ1) is 13.8. The van der Waals surface area contributed by atoms with Crippen molar-refractivity contribution in [3.63, 3.8) is 0 Å². The van der Waals surface area contributed by atoms with Crippen LogP contribution in [0.15, 0.2) is 42.2 Å². The van der Waals surface area contributed by atoms with E-state index >= 15 is 0 Å². The van der Waals surface area contributed by atoms with Gasteiger partial charge in [-0.3, -0.25) is 4.79 Å². The lowest BCUT2D eigenvalue weighted by Crippen LogP contribution is -2.39. The smallest absolute Gasteiger partial charge is 0.432 e. The number of aryl methyl sites for hydroxylation is 1. The summed E-state index contributed by atoms with van der Waals surface area (Å²) >= 11 is 0. The van der Waals surface area contributed by atoms with Crippen LogP contribution >= 0.6 is 0 Å². The van der Waals surface area contributed by atoms with Crippen molar-refractivity contribution < 1.29 is 23.8 Å². The maximum Gasteiger partial charge on any atom is 0.513 e. The molecular formula is C21H25N3O5. The van der Waals surface area contributed by atoms with E-state index in [1.165, 1.54) is 4.68 Å². The van der Waals surface area contributed by atoms with Gasteiger partial charge in [-0.1, -0.05) is 30.3 Å². The summed E-state index contributed by atoms with van der Waals surface area (Å²) in [6, 6.07) is 11.5. The van der Waals surface area contributed by atoms with E-state index in [1.807, 2.05) is 50.2 Å². The van der Waals surface area contributed by atoms with Gasteiger partial charge in [-0.15, -0.1) is 0 Å². The lowest BCUT2D eigenvalue weighted by Gasteiger charge is -2.21. The van der Waals surface area contributed by atoms with Crippen LogP contribution in [0.1, 0.15) is 26.5 Å². The van der Waals surface area contributed by atoms with Crippen molar-refractivity contribution in [2.75, 3.05) is 19.8 Å². The Labute approximate surface area is 169 Å². The summed E-state index contributed by atoms with van der Waals surface area (Å²) in [4.78, 5) is 24.8. The molecule has 0 spiro atoms. The zero-order valence-corrected chi connectivity index (χ0v) is 17.0. The van der Waals surface area contributed by atoms with E-state index in [9.17, 15) is 9.59 Å². The second kappa shape index (κ2) is 8.48. The van der Waals surface area contributed by atoms with Gasteiger partial charge in [-0.2, -0.15) is 5.10 Å². The van der Waals surface area contributed by atoms with Gasteiger partial charge < -0.3 is 19.5 Å². The fourth-order valence-electron chi connectivity index (χ4n) is 3.06. The Bertz CT molecular complexity index is 931. The van der Waals surface area contributed by atoms with Crippen molar-refractivity contribution in [1.82, 2.24) is 15.1 Å². The highest BCUT2D eigenvalue weighted by atomic mass is 16.7. The molecule has 0 aliphatic carbocycles. The Hall–Kier alpha value is -3.13. The third kappa shape index (κ3) is 4.48. The standard InChI is InChI=1S/C21H25N3O5/c1-5-27-11-12-28-20(26)29-18-17(19(25)22-21(18,3)4)24-14(2)13-16(23-24)15-9-7-6-8-10-15/h6-10,13H,5,11-12H2,1-4H3,(H,22,25). The lowest BCUT2D eigenvalue weighted by atomic mass is 10.1. The van der Waals surface area contributed by atoms with Gasteiger partial charge in [0.25, 0.3) is 5.91 Å². The molecule has 8 heteroatoms. The monoisotopic (exact) mass is 399 g/mol. The molecule has 0 saturated heterocycles. The van der Waals surface area contributed by atoms with Crippen molar-refractivity contribution in [3.8, 4) is 11.3 Å². The van der Waals surface area contributed by atoms with Crippen molar-refractivity contribution in [3.05, 3.63) is 47.9 Å². The minimum atomic E-state index is -0.894. The zero-order chi connectivity index (χ0) is 21.0. The minimum absolute atomic E-state index is 0.0655. The summed E-state index contributed by atoms with van der Waals surface area (Å²) in [6.07, 6.45) is -0.894. The van der Waals surface area contributed by atoms with Gasteiger partial charge in [0.1, 0.15) is 6.61 Å². The Balaban J connectivity index is 1.92. The summed E-state index contributed by atoms with van der Waals surface area (Å²) in [7, 11) is 0. The topological polar surface area (TPSA) is 91.7 Å². The maximum atomic E-state index is 12.7. The van der Waals surface area contributed by atoms with Crippen LogP contribution in [0.4, 0.5) is 4.79 Å². The van der Waals surface area contributed by atoms with Gasteiger partial charge >= 0.3 is 6.16 Å². The SMILES string of the molecule is CCOCCOC(=O)OC1=C(n2nc(-c3ccccc3)cc2C)C(=O)NC1(C)C. The molecule has 29 heavy (non-hydrogen) atoms. The number of nitrogens with one attached hydrogen (secondary N) is 1. The molecule has 8 nitrogen and oxygen atoms in total. The van der Waals surface area contributed by atoms with Gasteiger partial charge in [0.2, 0.25) is 0 Å². The van der Waals surface area contributed by atoms with Gasteiger partial charge in [-0.05, 0) is 33.8 Å². The molecule has 1 aromatic carbocycles. The van der Waals surface area contributed by atoms with Crippen LogP contribution < -0.4 is 5.32 Å². The molecule has 0 radical (unpaired) electrons. The van der Waals surface area contributed by atoms with E-state index in [0.717, 1.165) is 11.3 Å². The molecule has 154 valence electrons. The predicted molar refractivity (Wildman–Crippen MR) is 107 cm³/mol. The van der Waals surface area contributed by atoms with Crippen LogP contribution in [0.2, 0.25) is 0 Å². The number of carbonyl (C=O) groups excluding carboxylic acids is 2. The van der Waals surface area contributed by atoms with Crippen molar-refractivity contribution in [2.24, 2.45) is 0 Å². The second-order valence-electron chi connectivity index (χ2n) is 7.10. The normalized spacial score (nSPS) is 15.4. The van der Waals surface area contributed by atoms with Gasteiger partial charge in [0.15, 0.2) is 11.5 Å². The number of amides is 1. The quantitative estimate of drug-likeness (QED) is 0.568. The minimum Gasteiger partial charge on any atom is -0.432 e. The fraction of sp³-hybridized carbons (Fsp3) is 0.381. The Morgan fingerprint density at radius 1 is 1.21 bits per heavy atom. The number of nitrogens with zero attached hydrogens (tertiary/aromatic N) is 2. The lowest BCUT2D eigenvalue weighted by molar-refractivity contribution is -0.116. The number of rotatable bonds is 7. The molecule has 2 heterocycles. The molecule has 1 aliphatic heterocycles. The Morgan fingerprint density at radius 2 is 1.93 bits per heavy atom. The third-order valence-electron chi connectivity index (χ3n) is 4.43. The first-order valence-corrected chi connectivity index (χ1v) is 9.45. The molecule has 0 fully saturated rings. The average Bonchev–Trinajstić information content (AvgIpc) is 3.16. The molecule has 1 aromatic heterocycles. The summed E-state index contributed by atoms with van der Waals surface area (Å²) in [5, 5.41) is 7.39. The van der Waals surface area contributed by atoms with Crippen molar-refractivity contribution in [2.45, 2.75) is 33.2 Å². The first kappa shape index (κ1) is 20.6. The fourth-order valence-corrected chi connectivity index (χ4v) is 3.06.